The second-order valence-electron chi connectivity index (χ2n) is 20.7. The molecule has 3 fully saturated rings. The van der Waals surface area contributed by atoms with Crippen molar-refractivity contribution < 1.29 is 32.6 Å². The third kappa shape index (κ3) is 13.9. The standard InChI is InChI=1S/C53H69ClN12O7S2/c1-34-47(74-33-57-34)37-14-12-35(13-15-37)28-55-50(69)44-27-39(67)31-66(44)51(70)48(53(2,3)4)60-46(68)32-64-24-22-63(23-25-64)30-36-18-20-65(21-19-36)38-16-17-42(45(26-38)73-6)59-52-56-29-40(54)49(61-52)58-41-10-8-9-11-43(41)62(5)75(7,71)72/h8-17,26,29,33,36,39,44,48,67H,18-25,27-28,30-32H2,1-7H3,(H,55,69)(H,60,68)(H2,56,58,59,61)/t39-,44-,48?/m1/s1. The Labute approximate surface area is 449 Å². The minimum absolute atomic E-state index is 0.0152. The molecule has 8 rings (SSSR count). The van der Waals surface area contributed by atoms with Crippen LogP contribution in [-0.2, 0) is 31.0 Å². The van der Waals surface area contributed by atoms with Crippen molar-refractivity contribution in [2.24, 2.45) is 11.3 Å². The average molecular weight is 1090 g/mol. The van der Waals surface area contributed by atoms with Gasteiger partial charge in [0, 0.05) is 84.1 Å². The van der Waals surface area contributed by atoms with Gasteiger partial charge in [-0.1, -0.05) is 68.8 Å². The summed E-state index contributed by atoms with van der Waals surface area (Å²) in [4.78, 5) is 64.3. The van der Waals surface area contributed by atoms with Gasteiger partial charge in [-0.15, -0.1) is 11.3 Å². The molecule has 0 bridgehead atoms. The van der Waals surface area contributed by atoms with E-state index in [2.05, 4.69) is 50.9 Å². The van der Waals surface area contributed by atoms with Crippen LogP contribution in [0.15, 0.2) is 78.4 Å². The number of hydrogen-bond acceptors (Lipinski definition) is 16. The fraction of sp³-hybridized carbons (Fsp3) is 0.472. The largest absolute Gasteiger partial charge is 0.494 e. The van der Waals surface area contributed by atoms with Crippen LogP contribution in [0.25, 0.3) is 10.4 Å². The van der Waals surface area contributed by atoms with Gasteiger partial charge in [0.1, 0.15) is 22.9 Å². The Kier molecular flexibility index (Phi) is 17.5. The van der Waals surface area contributed by atoms with Gasteiger partial charge in [-0.05, 0) is 66.5 Å². The van der Waals surface area contributed by atoms with Gasteiger partial charge in [0.15, 0.2) is 5.82 Å². The molecular weight excluding hydrogens is 1020 g/mol. The highest BCUT2D eigenvalue weighted by Gasteiger charge is 2.44. The molecule has 0 saturated carbocycles. The molecule has 75 heavy (non-hydrogen) atoms. The molecule has 22 heteroatoms. The van der Waals surface area contributed by atoms with Crippen LogP contribution in [0.1, 0.15) is 51.3 Å². The van der Waals surface area contributed by atoms with Crippen LogP contribution in [0, 0.1) is 18.3 Å². The smallest absolute Gasteiger partial charge is 0.246 e. The van der Waals surface area contributed by atoms with Crippen LogP contribution in [-0.4, -0.2) is 158 Å². The molecule has 5 N–H and O–H groups in total. The second-order valence-corrected chi connectivity index (χ2v) is 24.0. The molecule has 3 atom stereocenters. The van der Waals surface area contributed by atoms with Gasteiger partial charge in [0.2, 0.25) is 33.7 Å². The Morgan fingerprint density at radius 3 is 2.32 bits per heavy atom. The van der Waals surface area contributed by atoms with Crippen LogP contribution in [0.5, 0.6) is 5.75 Å². The number of aliphatic hydroxyl groups is 1. The molecule has 5 heterocycles. The van der Waals surface area contributed by atoms with Crippen molar-refractivity contribution in [3.8, 4) is 16.2 Å². The molecule has 3 aliphatic heterocycles. The lowest BCUT2D eigenvalue weighted by atomic mass is 9.85. The number of benzene rings is 3. The van der Waals surface area contributed by atoms with Gasteiger partial charge >= 0.3 is 0 Å². The molecule has 3 aliphatic rings. The number of piperidine rings is 1. The number of carbonyl (C=O) groups is 3. The number of nitrogens with zero attached hydrogens (tertiary/aromatic N) is 8. The van der Waals surface area contributed by atoms with Crippen molar-refractivity contribution in [3.63, 3.8) is 0 Å². The zero-order valence-corrected chi connectivity index (χ0v) is 46.1. The normalized spacial score (nSPS) is 18.4. The van der Waals surface area contributed by atoms with Gasteiger partial charge in [-0.3, -0.25) is 23.6 Å². The number of rotatable bonds is 18. The molecular formula is C53H69ClN12O7S2. The maximum absolute atomic E-state index is 14.2. The van der Waals surface area contributed by atoms with Crippen molar-refractivity contribution >= 4 is 85.2 Å². The number of likely N-dealkylation sites (tertiary alicyclic amines) is 1. The van der Waals surface area contributed by atoms with Crippen LogP contribution < -0.4 is 35.2 Å². The van der Waals surface area contributed by atoms with E-state index in [4.69, 9.17) is 16.3 Å². The number of para-hydroxylation sites is 2. The van der Waals surface area contributed by atoms with Crippen molar-refractivity contribution in [2.45, 2.75) is 71.7 Å². The summed E-state index contributed by atoms with van der Waals surface area (Å²) < 4.78 is 31.6. The minimum Gasteiger partial charge on any atom is -0.494 e. The number of aryl methyl sites for hydroxylation is 1. The van der Waals surface area contributed by atoms with Crippen LogP contribution in [0.2, 0.25) is 5.02 Å². The zero-order chi connectivity index (χ0) is 53.6. The molecule has 2 aromatic heterocycles. The Balaban J connectivity index is 0.781. The minimum atomic E-state index is -3.52. The molecule has 3 aromatic carbocycles. The van der Waals surface area contributed by atoms with E-state index in [0.29, 0.717) is 34.5 Å². The number of amides is 3. The van der Waals surface area contributed by atoms with E-state index >= 15 is 0 Å². The summed E-state index contributed by atoms with van der Waals surface area (Å²) in [5, 5.41) is 23.3. The third-order valence-electron chi connectivity index (χ3n) is 14.2. The molecule has 5 aromatic rings. The molecule has 3 saturated heterocycles. The monoisotopic (exact) mass is 1080 g/mol. The SMILES string of the molecule is COc1cc(N2CCC(CN3CCN(CC(=O)NC(C(=O)N4C[C@H](O)C[C@@H]4C(=O)NCc4ccc(-c5scnc5C)cc4)C(C)(C)C)CC3)CC2)ccc1Nc1ncc(Cl)c(Nc2ccccc2N(C)S(C)(=O)=O)n1. The summed E-state index contributed by atoms with van der Waals surface area (Å²) in [6.07, 6.45) is 3.94. The fourth-order valence-electron chi connectivity index (χ4n) is 9.83. The summed E-state index contributed by atoms with van der Waals surface area (Å²) in [5.74, 6) is 0.741. The highest BCUT2D eigenvalue weighted by Crippen LogP contribution is 2.36. The Bertz CT molecular complexity index is 2920. The molecule has 0 radical (unpaired) electrons. The number of ether oxygens (including phenoxy) is 1. The molecule has 19 nitrogen and oxygen atoms in total. The predicted octanol–water partition coefficient (Wildman–Crippen LogP) is 6.10. The van der Waals surface area contributed by atoms with E-state index < -0.39 is 33.6 Å². The van der Waals surface area contributed by atoms with Gasteiger partial charge in [0.25, 0.3) is 0 Å². The number of halogens is 1. The average Bonchev–Trinajstić information content (AvgIpc) is 4.01. The first-order chi connectivity index (χ1) is 35.7. The lowest BCUT2D eigenvalue weighted by Crippen LogP contribution is -2.59. The fourth-order valence-corrected chi connectivity index (χ4v) is 11.3. The topological polar surface area (TPSA) is 218 Å². The number of carbonyl (C=O) groups excluding carboxylic acids is 3. The van der Waals surface area contributed by atoms with Crippen LogP contribution >= 0.6 is 22.9 Å². The second kappa shape index (κ2) is 23.8. The van der Waals surface area contributed by atoms with Crippen molar-refractivity contribution in [2.75, 3.05) is 99.2 Å². The number of nitrogens with one attached hydrogen (secondary N) is 4. The quantitative estimate of drug-likeness (QED) is 0.0671. The van der Waals surface area contributed by atoms with Gasteiger partial charge in [-0.2, -0.15) is 4.98 Å². The number of hydrogen-bond donors (Lipinski definition) is 5. The van der Waals surface area contributed by atoms with E-state index in [-0.39, 0.29) is 54.7 Å². The summed E-state index contributed by atoms with van der Waals surface area (Å²) in [5.41, 5.74) is 6.75. The number of piperazine rings is 1. The number of anilines is 6. The molecule has 3 amide bonds. The number of sulfonamides is 1. The summed E-state index contributed by atoms with van der Waals surface area (Å²) in [7, 11) is -0.423. The van der Waals surface area contributed by atoms with Crippen LogP contribution in [0.3, 0.4) is 0 Å². The lowest BCUT2D eigenvalue weighted by molar-refractivity contribution is -0.144. The van der Waals surface area contributed by atoms with Gasteiger partial charge in [-0.25, -0.2) is 18.4 Å². The van der Waals surface area contributed by atoms with Crippen molar-refractivity contribution in [1.29, 1.82) is 0 Å². The van der Waals surface area contributed by atoms with E-state index in [1.807, 2.05) is 75.7 Å². The van der Waals surface area contributed by atoms with E-state index in [1.54, 1.807) is 42.7 Å². The molecule has 0 spiro atoms. The van der Waals surface area contributed by atoms with Crippen LogP contribution in [0.4, 0.5) is 34.5 Å². The van der Waals surface area contributed by atoms with E-state index in [0.717, 1.165) is 92.3 Å². The predicted molar refractivity (Wildman–Crippen MR) is 296 cm³/mol. The highest BCUT2D eigenvalue weighted by atomic mass is 35.5. The zero-order valence-electron chi connectivity index (χ0n) is 43.7. The Hall–Kier alpha value is -6.10. The molecule has 0 aliphatic carbocycles. The first kappa shape index (κ1) is 55.1. The summed E-state index contributed by atoms with van der Waals surface area (Å²) >= 11 is 8.07. The summed E-state index contributed by atoms with van der Waals surface area (Å²) in [6.45, 7) is 14.0. The third-order valence-corrected chi connectivity index (χ3v) is 16.7. The van der Waals surface area contributed by atoms with Crippen molar-refractivity contribution in [1.82, 2.24) is 40.3 Å². The first-order valence-electron chi connectivity index (χ1n) is 25.3. The first-order valence-corrected chi connectivity index (χ1v) is 28.4. The maximum atomic E-state index is 14.2. The maximum Gasteiger partial charge on any atom is 0.246 e. The number of methoxy groups -OCH3 is 1. The molecule has 1 unspecified atom stereocenters. The highest BCUT2D eigenvalue weighted by molar-refractivity contribution is 7.92. The van der Waals surface area contributed by atoms with Gasteiger partial charge < -0.3 is 45.8 Å². The van der Waals surface area contributed by atoms with E-state index in [9.17, 15) is 27.9 Å². The number of aliphatic hydroxyl groups excluding tert-OH is 1. The number of thiazole rings is 1. The Morgan fingerprint density at radius 2 is 1.65 bits per heavy atom. The summed E-state index contributed by atoms with van der Waals surface area (Å²) in [6, 6.07) is 19.1. The van der Waals surface area contributed by atoms with E-state index in [1.165, 1.54) is 22.4 Å². The number of aromatic nitrogens is 3. The van der Waals surface area contributed by atoms with Gasteiger partial charge in [0.05, 0.1) is 65.4 Å². The number of β-amino-alcohol motifs (C(OH)–C–C–N with tert-alkyl or cyclic N) is 1. The lowest BCUT2D eigenvalue weighted by Gasteiger charge is -2.39. The molecule has 402 valence electrons. The Morgan fingerprint density at radius 1 is 0.947 bits per heavy atom. The van der Waals surface area contributed by atoms with Crippen molar-refractivity contribution in [3.05, 3.63) is 94.7 Å².